The molecule has 0 spiro atoms. The van der Waals surface area contributed by atoms with Crippen LogP contribution in [0.3, 0.4) is 0 Å². The van der Waals surface area contributed by atoms with E-state index in [0.29, 0.717) is 17.9 Å². The van der Waals surface area contributed by atoms with Gasteiger partial charge in [0.05, 0.1) is 6.10 Å². The summed E-state index contributed by atoms with van der Waals surface area (Å²) in [5, 5.41) is 11.5. The Labute approximate surface area is 151 Å². The summed E-state index contributed by atoms with van der Waals surface area (Å²) >= 11 is 0. The number of benzene rings is 2. The number of amides is 1. The quantitative estimate of drug-likeness (QED) is 0.760. The van der Waals surface area contributed by atoms with Gasteiger partial charge in [0.25, 0.3) is 5.91 Å². The van der Waals surface area contributed by atoms with E-state index in [-0.39, 0.29) is 12.0 Å². The molecule has 1 amide bonds. The van der Waals surface area contributed by atoms with Gasteiger partial charge < -0.3 is 19.9 Å². The maximum Gasteiger partial charge on any atom is 0.341 e. The highest BCUT2D eigenvalue weighted by molar-refractivity contribution is 5.94. The first-order chi connectivity index (χ1) is 12.6. The van der Waals surface area contributed by atoms with Gasteiger partial charge in [-0.05, 0) is 43.5 Å². The lowest BCUT2D eigenvalue weighted by atomic mass is 9.96. The molecule has 6 heteroatoms. The van der Waals surface area contributed by atoms with Gasteiger partial charge in [-0.2, -0.15) is 0 Å². The van der Waals surface area contributed by atoms with Crippen LogP contribution in [0.5, 0.6) is 11.5 Å². The highest BCUT2D eigenvalue weighted by Crippen LogP contribution is 2.27. The molecule has 0 heterocycles. The molecule has 0 bridgehead atoms. The fourth-order valence-electron chi connectivity index (χ4n) is 2.58. The fourth-order valence-corrected chi connectivity index (χ4v) is 2.58. The number of carbonyl (C=O) groups is 2. The fraction of sp³-hybridized carbons (Fsp3) is 0.300. The lowest BCUT2D eigenvalue weighted by molar-refractivity contribution is -0.139. The number of hydrogen-bond donors (Lipinski definition) is 2. The van der Waals surface area contributed by atoms with Gasteiger partial charge >= 0.3 is 5.97 Å². The number of nitrogens with one attached hydrogen (secondary N) is 1. The lowest BCUT2D eigenvalue weighted by Crippen LogP contribution is -2.26. The minimum atomic E-state index is -1.07. The van der Waals surface area contributed by atoms with Crippen molar-refractivity contribution in [1.29, 1.82) is 0 Å². The van der Waals surface area contributed by atoms with Crippen LogP contribution in [0.1, 0.15) is 35.2 Å². The summed E-state index contributed by atoms with van der Waals surface area (Å²) in [5.41, 5.74) is 1.33. The van der Waals surface area contributed by atoms with Crippen molar-refractivity contribution < 1.29 is 24.2 Å². The predicted octanol–water partition coefficient (Wildman–Crippen LogP) is 3.01. The van der Waals surface area contributed by atoms with Crippen LogP contribution >= 0.6 is 0 Å². The molecule has 2 aromatic carbocycles. The molecule has 1 fully saturated rings. The van der Waals surface area contributed by atoms with E-state index in [9.17, 15) is 9.59 Å². The molecule has 0 saturated heterocycles. The van der Waals surface area contributed by atoms with Crippen LogP contribution in [-0.2, 0) is 11.3 Å². The molecule has 2 aromatic rings. The van der Waals surface area contributed by atoms with Gasteiger partial charge in [0.2, 0.25) is 0 Å². The number of carboxylic acids is 1. The summed E-state index contributed by atoms with van der Waals surface area (Å²) < 4.78 is 11.1. The Hall–Kier alpha value is -3.02. The third kappa shape index (κ3) is 4.75. The number of rotatable bonds is 8. The Balaban J connectivity index is 1.60. The van der Waals surface area contributed by atoms with Crippen molar-refractivity contribution in [3.05, 3.63) is 59.7 Å². The normalized spacial score (nSPS) is 13.5. The first kappa shape index (κ1) is 17.8. The predicted molar refractivity (Wildman–Crippen MR) is 95.5 cm³/mol. The molecule has 2 N–H and O–H groups in total. The number of carboxylic acid groups (broad SMARTS) is 1. The van der Waals surface area contributed by atoms with E-state index in [1.54, 1.807) is 18.2 Å². The van der Waals surface area contributed by atoms with Gasteiger partial charge in [0.15, 0.2) is 6.61 Å². The highest BCUT2D eigenvalue weighted by Gasteiger charge is 2.20. The molecule has 0 radical (unpaired) electrons. The molecule has 3 rings (SSSR count). The highest BCUT2D eigenvalue weighted by atomic mass is 16.5. The standard InChI is InChI=1S/C20H21NO5/c22-19(23)13-25-17-9-3-6-14(11-17)20(24)21-12-15-5-1-2-10-18(15)26-16-7-4-8-16/h1-3,5-6,9-11,16H,4,7-8,12-13H2,(H,21,24)(H,22,23). The van der Waals surface area contributed by atoms with Crippen molar-refractivity contribution in [2.24, 2.45) is 0 Å². The molecule has 1 aliphatic carbocycles. The number of ether oxygens (including phenoxy) is 2. The average Bonchev–Trinajstić information content (AvgIpc) is 2.62. The lowest BCUT2D eigenvalue weighted by Gasteiger charge is -2.27. The van der Waals surface area contributed by atoms with Crippen LogP contribution in [0.2, 0.25) is 0 Å². The summed E-state index contributed by atoms with van der Waals surface area (Å²) in [4.78, 5) is 23.0. The van der Waals surface area contributed by atoms with Crippen LogP contribution in [0.4, 0.5) is 0 Å². The van der Waals surface area contributed by atoms with Crippen molar-refractivity contribution in [1.82, 2.24) is 5.32 Å². The third-order valence-corrected chi connectivity index (χ3v) is 4.22. The zero-order valence-corrected chi connectivity index (χ0v) is 14.3. The zero-order chi connectivity index (χ0) is 18.4. The summed E-state index contributed by atoms with van der Waals surface area (Å²) in [6.45, 7) is -0.0983. The van der Waals surface area contributed by atoms with E-state index in [4.69, 9.17) is 14.6 Å². The molecule has 26 heavy (non-hydrogen) atoms. The molecule has 0 unspecified atom stereocenters. The number of carbonyl (C=O) groups excluding carboxylic acids is 1. The van der Waals surface area contributed by atoms with Crippen LogP contribution < -0.4 is 14.8 Å². The zero-order valence-electron chi connectivity index (χ0n) is 14.3. The van der Waals surface area contributed by atoms with Gasteiger partial charge in [0.1, 0.15) is 11.5 Å². The number of para-hydroxylation sites is 1. The molecule has 1 saturated carbocycles. The number of hydrogen-bond acceptors (Lipinski definition) is 4. The van der Waals surface area contributed by atoms with Gasteiger partial charge in [-0.25, -0.2) is 4.79 Å². The molecule has 6 nitrogen and oxygen atoms in total. The summed E-state index contributed by atoms with van der Waals surface area (Å²) in [6.07, 6.45) is 3.62. The first-order valence-corrected chi connectivity index (χ1v) is 8.59. The van der Waals surface area contributed by atoms with Crippen LogP contribution in [-0.4, -0.2) is 29.7 Å². The largest absolute Gasteiger partial charge is 0.490 e. The Morgan fingerprint density at radius 1 is 1.12 bits per heavy atom. The minimum absolute atomic E-state index is 0.260. The molecule has 0 aromatic heterocycles. The molecule has 0 atom stereocenters. The van der Waals surface area contributed by atoms with Crippen LogP contribution in [0.25, 0.3) is 0 Å². The molecule has 1 aliphatic rings. The van der Waals surface area contributed by atoms with Crippen molar-refractivity contribution in [3.63, 3.8) is 0 Å². The van der Waals surface area contributed by atoms with Crippen molar-refractivity contribution in [3.8, 4) is 11.5 Å². The molecular formula is C20H21NO5. The van der Waals surface area contributed by atoms with E-state index in [1.165, 1.54) is 12.5 Å². The Morgan fingerprint density at radius 3 is 2.65 bits per heavy atom. The van der Waals surface area contributed by atoms with Gasteiger partial charge in [-0.15, -0.1) is 0 Å². The van der Waals surface area contributed by atoms with Gasteiger partial charge in [0, 0.05) is 17.7 Å². The van der Waals surface area contributed by atoms with E-state index in [2.05, 4.69) is 5.32 Å². The summed E-state index contributed by atoms with van der Waals surface area (Å²) in [5.74, 6) is -0.183. The van der Waals surface area contributed by atoms with Crippen molar-refractivity contribution in [2.45, 2.75) is 31.9 Å². The molecular weight excluding hydrogens is 334 g/mol. The first-order valence-electron chi connectivity index (χ1n) is 8.59. The van der Waals surface area contributed by atoms with Crippen molar-refractivity contribution in [2.75, 3.05) is 6.61 Å². The smallest absolute Gasteiger partial charge is 0.341 e. The van der Waals surface area contributed by atoms with E-state index >= 15 is 0 Å². The number of aliphatic carboxylic acids is 1. The van der Waals surface area contributed by atoms with Crippen LogP contribution in [0.15, 0.2) is 48.5 Å². The average molecular weight is 355 g/mol. The topological polar surface area (TPSA) is 84.9 Å². The van der Waals surface area contributed by atoms with Crippen molar-refractivity contribution >= 4 is 11.9 Å². The SMILES string of the molecule is O=C(O)COc1cccc(C(=O)NCc2ccccc2OC2CCC2)c1. The molecule has 136 valence electrons. The van der Waals surface area contributed by atoms with Crippen LogP contribution in [0, 0.1) is 0 Å². The van der Waals surface area contributed by atoms with Gasteiger partial charge in [-0.3, -0.25) is 4.79 Å². The summed E-state index contributed by atoms with van der Waals surface area (Å²) in [7, 11) is 0. The van der Waals surface area contributed by atoms with Gasteiger partial charge in [-0.1, -0.05) is 24.3 Å². The summed E-state index contributed by atoms with van der Waals surface area (Å²) in [6, 6.07) is 14.1. The molecule has 0 aliphatic heterocycles. The second kappa shape index (κ2) is 8.38. The minimum Gasteiger partial charge on any atom is -0.490 e. The second-order valence-corrected chi connectivity index (χ2v) is 6.17. The maximum absolute atomic E-state index is 12.4. The second-order valence-electron chi connectivity index (χ2n) is 6.17. The Morgan fingerprint density at radius 2 is 1.92 bits per heavy atom. The Kier molecular flexibility index (Phi) is 5.73. The third-order valence-electron chi connectivity index (χ3n) is 4.22. The maximum atomic E-state index is 12.4. The van der Waals surface area contributed by atoms with E-state index in [0.717, 1.165) is 24.2 Å². The monoisotopic (exact) mass is 355 g/mol. The van der Waals surface area contributed by atoms with E-state index < -0.39 is 12.6 Å². The van der Waals surface area contributed by atoms with E-state index in [1.807, 2.05) is 24.3 Å². The Bertz CT molecular complexity index is 785.